The van der Waals surface area contributed by atoms with Crippen molar-refractivity contribution in [3.05, 3.63) is 59.2 Å². The van der Waals surface area contributed by atoms with Crippen molar-refractivity contribution < 1.29 is 9.47 Å². The molecule has 1 unspecified atom stereocenters. The summed E-state index contributed by atoms with van der Waals surface area (Å²) in [5.41, 5.74) is 4.19. The number of methoxy groups -OCH3 is 2. The average molecular weight is 240 g/mol. The summed E-state index contributed by atoms with van der Waals surface area (Å²) in [5.74, 6) is 2.09. The Labute approximate surface area is 107 Å². The van der Waals surface area contributed by atoms with Gasteiger partial charge in [-0.1, -0.05) is 30.3 Å². The van der Waals surface area contributed by atoms with E-state index >= 15 is 0 Å². The smallest absolute Gasteiger partial charge is 0.161 e. The Hall–Kier alpha value is -1.96. The summed E-state index contributed by atoms with van der Waals surface area (Å²) in [6.07, 6.45) is 1.12. The molecular weight excluding hydrogens is 224 g/mol. The van der Waals surface area contributed by atoms with Gasteiger partial charge in [0.1, 0.15) is 0 Å². The van der Waals surface area contributed by atoms with Crippen molar-refractivity contribution in [1.29, 1.82) is 0 Å². The minimum atomic E-state index is 0.501. The molecule has 2 aromatic rings. The summed E-state index contributed by atoms with van der Waals surface area (Å²) in [7, 11) is 3.34. The second kappa shape index (κ2) is 4.37. The van der Waals surface area contributed by atoms with E-state index in [9.17, 15) is 0 Å². The van der Waals surface area contributed by atoms with E-state index in [2.05, 4.69) is 36.4 Å². The van der Waals surface area contributed by atoms with Crippen molar-refractivity contribution in [2.24, 2.45) is 0 Å². The highest BCUT2D eigenvalue weighted by Crippen LogP contribution is 2.42. The molecule has 92 valence electrons. The third-order valence-electron chi connectivity index (χ3n) is 3.66. The first-order valence-electron chi connectivity index (χ1n) is 6.13. The zero-order valence-corrected chi connectivity index (χ0v) is 10.6. The Morgan fingerprint density at radius 2 is 1.72 bits per heavy atom. The molecular formula is C16H16O2. The predicted molar refractivity (Wildman–Crippen MR) is 71.5 cm³/mol. The van der Waals surface area contributed by atoms with Gasteiger partial charge in [-0.3, -0.25) is 0 Å². The van der Waals surface area contributed by atoms with Crippen LogP contribution in [-0.2, 0) is 6.42 Å². The minimum Gasteiger partial charge on any atom is -0.493 e. The highest BCUT2D eigenvalue weighted by Gasteiger charge is 2.27. The van der Waals surface area contributed by atoms with Gasteiger partial charge in [0.25, 0.3) is 0 Å². The molecule has 1 aliphatic carbocycles. The first-order valence-corrected chi connectivity index (χ1v) is 6.13. The van der Waals surface area contributed by atoms with Crippen molar-refractivity contribution >= 4 is 0 Å². The van der Waals surface area contributed by atoms with E-state index in [1.807, 2.05) is 6.07 Å². The molecule has 0 aliphatic heterocycles. The summed E-state index contributed by atoms with van der Waals surface area (Å²) in [6, 6.07) is 14.8. The molecule has 1 atom stereocenters. The fourth-order valence-corrected chi connectivity index (χ4v) is 2.63. The molecule has 1 aliphatic rings. The number of benzene rings is 2. The Balaban J connectivity index is 1.96. The number of ether oxygens (including phenoxy) is 2. The molecule has 2 nitrogen and oxygen atoms in total. The van der Waals surface area contributed by atoms with Crippen LogP contribution in [0.5, 0.6) is 11.5 Å². The van der Waals surface area contributed by atoms with Crippen molar-refractivity contribution in [3.63, 3.8) is 0 Å². The molecule has 0 fully saturated rings. The lowest BCUT2D eigenvalue weighted by molar-refractivity contribution is 0.354. The monoisotopic (exact) mass is 240 g/mol. The Bertz CT molecular complexity index is 575. The molecule has 0 saturated heterocycles. The summed E-state index contributed by atoms with van der Waals surface area (Å²) in [4.78, 5) is 0. The average Bonchev–Trinajstić information content (AvgIpc) is 2.40. The number of rotatable bonds is 3. The highest BCUT2D eigenvalue weighted by molar-refractivity contribution is 5.51. The van der Waals surface area contributed by atoms with E-state index in [4.69, 9.17) is 9.47 Å². The summed E-state index contributed by atoms with van der Waals surface area (Å²) in [5, 5.41) is 0. The molecule has 0 amide bonds. The first kappa shape index (κ1) is 11.1. The minimum absolute atomic E-state index is 0.501. The first-order chi connectivity index (χ1) is 8.83. The van der Waals surface area contributed by atoms with Gasteiger partial charge in [-0.25, -0.2) is 0 Å². The Morgan fingerprint density at radius 3 is 2.44 bits per heavy atom. The molecule has 0 bridgehead atoms. The zero-order chi connectivity index (χ0) is 12.5. The van der Waals surface area contributed by atoms with Crippen molar-refractivity contribution in [2.45, 2.75) is 12.3 Å². The lowest BCUT2D eigenvalue weighted by Crippen LogP contribution is -2.17. The van der Waals surface area contributed by atoms with Crippen molar-refractivity contribution in [1.82, 2.24) is 0 Å². The maximum atomic E-state index is 5.36. The largest absolute Gasteiger partial charge is 0.493 e. The molecule has 2 heteroatoms. The van der Waals surface area contributed by atoms with Crippen LogP contribution in [0.1, 0.15) is 22.6 Å². The van der Waals surface area contributed by atoms with Gasteiger partial charge < -0.3 is 9.47 Å². The zero-order valence-electron chi connectivity index (χ0n) is 10.6. The molecule has 0 saturated carbocycles. The van der Waals surface area contributed by atoms with Gasteiger partial charge in [0.2, 0.25) is 0 Å². The topological polar surface area (TPSA) is 18.5 Å². The van der Waals surface area contributed by atoms with Crippen LogP contribution < -0.4 is 9.47 Å². The molecule has 0 heterocycles. The second-order valence-electron chi connectivity index (χ2n) is 4.57. The van der Waals surface area contributed by atoms with Gasteiger partial charge in [0, 0.05) is 5.92 Å². The lowest BCUT2D eigenvalue weighted by Gasteiger charge is -2.30. The number of fused-ring (bicyclic) bond motifs is 1. The van der Waals surface area contributed by atoms with Crippen molar-refractivity contribution in [2.75, 3.05) is 14.2 Å². The quantitative estimate of drug-likeness (QED) is 0.818. The normalized spacial score (nSPS) is 16.7. The van der Waals surface area contributed by atoms with E-state index in [-0.39, 0.29) is 0 Å². The van der Waals surface area contributed by atoms with Gasteiger partial charge in [0.15, 0.2) is 11.5 Å². The Kier molecular flexibility index (Phi) is 2.71. The van der Waals surface area contributed by atoms with Crippen LogP contribution in [0, 0.1) is 0 Å². The maximum Gasteiger partial charge on any atom is 0.161 e. The van der Waals surface area contributed by atoms with Crippen LogP contribution >= 0.6 is 0 Å². The van der Waals surface area contributed by atoms with Crippen LogP contribution in [0.2, 0.25) is 0 Å². The van der Waals surface area contributed by atoms with Crippen LogP contribution in [0.25, 0.3) is 0 Å². The number of hydrogen-bond acceptors (Lipinski definition) is 2. The van der Waals surface area contributed by atoms with E-state index in [0.717, 1.165) is 17.9 Å². The van der Waals surface area contributed by atoms with E-state index in [1.54, 1.807) is 14.2 Å². The predicted octanol–water partition coefficient (Wildman–Crippen LogP) is 3.39. The summed E-state index contributed by atoms with van der Waals surface area (Å²) < 4.78 is 10.6. The lowest BCUT2D eigenvalue weighted by atomic mass is 9.74. The van der Waals surface area contributed by atoms with Gasteiger partial charge in [-0.15, -0.1) is 0 Å². The SMILES string of the molecule is COc1ccc(C2Cc3ccccc32)cc1OC. The van der Waals surface area contributed by atoms with Crippen LogP contribution in [0.4, 0.5) is 0 Å². The second-order valence-corrected chi connectivity index (χ2v) is 4.57. The molecule has 0 spiro atoms. The fourth-order valence-electron chi connectivity index (χ4n) is 2.63. The third-order valence-corrected chi connectivity index (χ3v) is 3.66. The van der Waals surface area contributed by atoms with Crippen molar-refractivity contribution in [3.8, 4) is 11.5 Å². The molecule has 0 N–H and O–H groups in total. The molecule has 2 aromatic carbocycles. The summed E-state index contributed by atoms with van der Waals surface area (Å²) in [6.45, 7) is 0. The standard InChI is InChI=1S/C16H16O2/c1-17-15-8-7-12(10-16(15)18-2)14-9-11-5-3-4-6-13(11)14/h3-8,10,14H,9H2,1-2H3. The van der Waals surface area contributed by atoms with Gasteiger partial charge in [-0.05, 0) is 35.2 Å². The van der Waals surface area contributed by atoms with E-state index in [1.165, 1.54) is 16.7 Å². The van der Waals surface area contributed by atoms with E-state index in [0.29, 0.717) is 5.92 Å². The van der Waals surface area contributed by atoms with E-state index < -0.39 is 0 Å². The highest BCUT2D eigenvalue weighted by atomic mass is 16.5. The number of hydrogen-bond donors (Lipinski definition) is 0. The maximum absolute atomic E-state index is 5.36. The molecule has 0 aromatic heterocycles. The van der Waals surface area contributed by atoms with Gasteiger partial charge in [-0.2, -0.15) is 0 Å². The summed E-state index contributed by atoms with van der Waals surface area (Å²) >= 11 is 0. The Morgan fingerprint density at radius 1 is 0.944 bits per heavy atom. The van der Waals surface area contributed by atoms with Gasteiger partial charge in [0.05, 0.1) is 14.2 Å². The molecule has 0 radical (unpaired) electrons. The van der Waals surface area contributed by atoms with Crippen LogP contribution in [0.15, 0.2) is 42.5 Å². The fraction of sp³-hybridized carbons (Fsp3) is 0.250. The molecule has 3 rings (SSSR count). The van der Waals surface area contributed by atoms with Crippen LogP contribution in [0.3, 0.4) is 0 Å². The van der Waals surface area contributed by atoms with Gasteiger partial charge >= 0.3 is 0 Å². The molecule has 18 heavy (non-hydrogen) atoms. The third kappa shape index (κ3) is 1.65. The van der Waals surface area contributed by atoms with Crippen LogP contribution in [-0.4, -0.2) is 14.2 Å².